The highest BCUT2D eigenvalue weighted by Gasteiger charge is 1.38. The predicted molar refractivity (Wildman–Crippen MR) is 24.3 cm³/mol. The molecule has 1 nitrogen and oxygen atoms in total. The van der Waals surface area contributed by atoms with Crippen LogP contribution < -0.4 is 0 Å². The molecule has 0 aromatic rings. The molecule has 0 aromatic heterocycles. The van der Waals surface area contributed by atoms with Gasteiger partial charge >= 0.3 is 0 Å². The molecule has 5 heavy (non-hydrogen) atoms. The first-order valence-electron chi connectivity index (χ1n) is 0.309. The minimum Gasteiger partial charge on any atom is -0.166 e. The van der Waals surface area contributed by atoms with E-state index in [2.05, 4.69) is 27.6 Å². The molecule has 24 valence electrons. The number of halogens is 2. The Kier molecular flexibility index (Phi) is 52.1. The van der Waals surface area contributed by atoms with E-state index in [-0.39, 0.29) is 46.1 Å². The lowest BCUT2D eigenvalue weighted by Gasteiger charge is -1.46. The van der Waals surface area contributed by atoms with Gasteiger partial charge in [-0.15, -0.1) is 0 Å². The summed E-state index contributed by atoms with van der Waals surface area (Å²) >= 11 is 8.53. The fourth-order valence-corrected chi connectivity index (χ4v) is 0. The van der Waals surface area contributed by atoms with Crippen LogP contribution in [0, 0.1) is 0 Å². The van der Waals surface area contributed by atoms with Crippen LogP contribution in [-0.2, 0) is 3.84 Å². The van der Waals surface area contributed by atoms with Crippen molar-refractivity contribution in [2.75, 3.05) is 0 Å². The van der Waals surface area contributed by atoms with Crippen molar-refractivity contribution in [2.24, 2.45) is 0 Å². The maximum absolute atomic E-state index is 4.26. The first-order chi connectivity index (χ1) is 1.41. The summed E-state index contributed by atoms with van der Waals surface area (Å²) in [6.45, 7) is 0. The van der Waals surface area contributed by atoms with Crippen LogP contribution in [-0.4, -0.2) is 46.1 Å². The van der Waals surface area contributed by atoms with Crippen LogP contribution in [0.4, 0.5) is 0 Å². The van der Waals surface area contributed by atoms with Gasteiger partial charge in [0.25, 0.3) is 0 Å². The zero-order valence-electron chi connectivity index (χ0n) is 2.58. The van der Waals surface area contributed by atoms with Gasteiger partial charge in [-0.3, -0.25) is 0 Å². The van der Waals surface area contributed by atoms with Gasteiger partial charge in [0.15, 0.2) is 0 Å². The van der Waals surface area contributed by atoms with Gasteiger partial charge in [0.1, 0.15) is 0 Å². The van der Waals surface area contributed by atoms with E-state index in [1.54, 1.807) is 0 Å². The van der Waals surface area contributed by atoms with Crippen molar-refractivity contribution < 1.29 is 3.84 Å². The van der Waals surface area contributed by atoms with Gasteiger partial charge in [-0.05, 0) is 0 Å². The van der Waals surface area contributed by atoms with Gasteiger partial charge in [0, 0.05) is 46.1 Å². The van der Waals surface area contributed by atoms with E-state index in [0.29, 0.717) is 0 Å². The highest BCUT2D eigenvalue weighted by Crippen LogP contribution is 1.78. The topological polar surface area (TPSA) is 9.23 Å². The first-order valence-corrected chi connectivity index (χ1v) is 0.926. The third-order valence-electron chi connectivity index (χ3n) is 0. The molecule has 0 N–H and O–H groups in total. The molecule has 0 atom stereocenters. The maximum Gasteiger partial charge on any atom is 0.0832 e. The Morgan fingerprint density at radius 2 is 1.00 bits per heavy atom. The number of hydrogen-bond acceptors (Lipinski definition) is 1. The van der Waals surface area contributed by atoms with Crippen molar-refractivity contribution in [3.05, 3.63) is 0 Å². The Labute approximate surface area is 73.0 Å². The van der Waals surface area contributed by atoms with Gasteiger partial charge < -0.3 is 0 Å². The Hall–Kier alpha value is 2.07. The second-order valence-electron chi connectivity index (χ2n) is 0.0583. The summed E-state index contributed by atoms with van der Waals surface area (Å²) in [7, 11) is 0. The average molecular weight is 136 g/mol. The molecule has 0 saturated carbocycles. The van der Waals surface area contributed by atoms with Gasteiger partial charge in [0.2, 0.25) is 0 Å². The number of hydrogen-bond donors (Lipinski definition) is 0. The third kappa shape index (κ3) is 23.4. The lowest BCUT2D eigenvalue weighted by atomic mass is 15.9. The molecule has 0 amide bonds. The van der Waals surface area contributed by atoms with E-state index in [4.69, 9.17) is 0 Å². The lowest BCUT2D eigenvalue weighted by Crippen LogP contribution is -1.15. The molecule has 0 aliphatic carbocycles. The van der Waals surface area contributed by atoms with Gasteiger partial charge in [-0.2, -0.15) is 3.84 Å². The van der Waals surface area contributed by atoms with Gasteiger partial charge in [0.05, 0.1) is 23.7 Å². The summed E-state index contributed by atoms with van der Waals surface area (Å²) in [5.74, 6) is 0. The van der Waals surface area contributed by atoms with Crippen molar-refractivity contribution in [1.82, 2.24) is 0 Å². The summed E-state index contributed by atoms with van der Waals surface area (Å²) in [5, 5.41) is 0. The monoisotopic (exact) mass is 134 g/mol. The summed E-state index contributed by atoms with van der Waals surface area (Å²) in [5.41, 5.74) is 0. The van der Waals surface area contributed by atoms with Gasteiger partial charge in [-0.25, -0.2) is 0 Å². The second-order valence-corrected chi connectivity index (χ2v) is 0.525. The molecule has 0 unspecified atom stereocenters. The number of rotatable bonds is 0. The largest absolute Gasteiger partial charge is 0.166 e. The maximum atomic E-state index is 4.26. The molecule has 0 fully saturated rings. The quantitative estimate of drug-likeness (QED) is 0.441. The highest BCUT2D eigenvalue weighted by molar-refractivity contribution is 6.24. The Morgan fingerprint density at radius 1 is 1.00 bits per heavy atom. The Bertz CT molecular complexity index is 7.61. The normalized spacial score (nSPS) is 3.60. The Morgan fingerprint density at radius 3 is 1.00 bits per heavy atom. The van der Waals surface area contributed by atoms with Crippen molar-refractivity contribution in [2.45, 2.75) is 0 Å². The molecule has 0 spiro atoms. The molecule has 0 saturated heterocycles. The lowest BCUT2D eigenvalue weighted by molar-refractivity contribution is 0.697. The van der Waals surface area contributed by atoms with Crippen molar-refractivity contribution >= 4 is 69.8 Å². The first kappa shape index (κ1) is 15.7. The zero-order chi connectivity index (χ0) is 2.71. The fraction of sp³-hybridized carbons (Fsp3) is 0. The smallest absolute Gasteiger partial charge is 0.0832 e. The van der Waals surface area contributed by atoms with E-state index in [9.17, 15) is 0 Å². The van der Waals surface area contributed by atoms with Crippen LogP contribution >= 0.6 is 23.7 Å². The van der Waals surface area contributed by atoms with Crippen LogP contribution in [0.1, 0.15) is 0 Å². The zero-order valence-corrected chi connectivity index (χ0v) is 6.92. The summed E-state index contributed by atoms with van der Waals surface area (Å²) in [4.78, 5) is 0. The molecular formula is Cl2Mg2O. The van der Waals surface area contributed by atoms with Crippen LogP contribution in [0.25, 0.3) is 0 Å². The van der Waals surface area contributed by atoms with Crippen LogP contribution in [0.2, 0.25) is 0 Å². The Balaban J connectivity index is -0.0000000200. The van der Waals surface area contributed by atoms with Crippen molar-refractivity contribution in [3.8, 4) is 0 Å². The van der Waals surface area contributed by atoms with E-state index in [1.165, 1.54) is 0 Å². The molecule has 0 aliphatic heterocycles. The summed E-state index contributed by atoms with van der Waals surface area (Å²) in [6.07, 6.45) is 0. The third-order valence-corrected chi connectivity index (χ3v) is 0. The van der Waals surface area contributed by atoms with Gasteiger partial charge in [-0.1, -0.05) is 0 Å². The summed E-state index contributed by atoms with van der Waals surface area (Å²) < 4.78 is 3.19. The fourth-order valence-electron chi connectivity index (χ4n) is 0. The molecule has 0 heterocycles. The van der Waals surface area contributed by atoms with E-state index < -0.39 is 0 Å². The minimum absolute atomic E-state index is 0. The standard InChI is InChI=1S/Cl2O.2Mg/c1-3-2;;. The average Bonchev–Trinajstić information content (AvgIpc) is 0.918. The van der Waals surface area contributed by atoms with E-state index in [0.717, 1.165) is 0 Å². The van der Waals surface area contributed by atoms with Crippen LogP contribution in [0.5, 0.6) is 0 Å². The second kappa shape index (κ2) is 16.6. The molecular weight excluding hydrogens is 136 g/mol. The van der Waals surface area contributed by atoms with Crippen LogP contribution in [0.15, 0.2) is 0 Å². The molecule has 0 bridgehead atoms. The molecule has 5 heteroatoms. The minimum atomic E-state index is 0. The molecule has 0 rings (SSSR count). The molecule has 0 aromatic carbocycles. The summed E-state index contributed by atoms with van der Waals surface area (Å²) in [6, 6.07) is 0. The van der Waals surface area contributed by atoms with Crippen molar-refractivity contribution in [3.63, 3.8) is 0 Å². The SMILES string of the molecule is ClOCl.[Mg].[Mg]. The van der Waals surface area contributed by atoms with Crippen LogP contribution in [0.3, 0.4) is 0 Å². The van der Waals surface area contributed by atoms with Crippen molar-refractivity contribution in [1.29, 1.82) is 0 Å². The van der Waals surface area contributed by atoms with E-state index in [1.807, 2.05) is 0 Å². The highest BCUT2D eigenvalue weighted by atomic mass is 35.6. The molecule has 0 aliphatic rings. The predicted octanol–water partition coefficient (Wildman–Crippen LogP) is 0.549. The van der Waals surface area contributed by atoms with E-state index >= 15 is 0 Å². The molecule has 4 radical (unpaired) electrons.